The fourth-order valence-electron chi connectivity index (χ4n) is 3.17. The van der Waals surface area contributed by atoms with Crippen LogP contribution < -0.4 is 5.56 Å². The number of aromatic amines is 1. The normalized spacial score (nSPS) is 23.8. The van der Waals surface area contributed by atoms with Crippen LogP contribution in [0.25, 0.3) is 0 Å². The highest BCUT2D eigenvalue weighted by Gasteiger charge is 2.35. The molecular weight excluding hydrogens is 309 g/mol. The van der Waals surface area contributed by atoms with Crippen LogP contribution in [-0.2, 0) is 0 Å². The molecule has 0 saturated carbocycles. The highest BCUT2D eigenvalue weighted by molar-refractivity contribution is 5.22. The van der Waals surface area contributed by atoms with Gasteiger partial charge in [0, 0.05) is 24.1 Å². The van der Waals surface area contributed by atoms with Crippen LogP contribution in [0.5, 0.6) is 0 Å². The summed E-state index contributed by atoms with van der Waals surface area (Å²) in [6.45, 7) is 0.600. The molecule has 2 aromatic rings. The van der Waals surface area contributed by atoms with Crippen LogP contribution in [-0.4, -0.2) is 29.7 Å². The van der Waals surface area contributed by atoms with Crippen molar-refractivity contribution in [3.05, 3.63) is 57.6 Å². The van der Waals surface area contributed by atoms with E-state index in [-0.39, 0.29) is 17.0 Å². The van der Waals surface area contributed by atoms with Gasteiger partial charge in [-0.2, -0.15) is 5.16 Å². The number of nitrogens with one attached hydrogen (secondary N) is 1. The topological polar surface area (TPSA) is 49.2 Å². The van der Waals surface area contributed by atoms with Gasteiger partial charge in [-0.25, -0.2) is 13.2 Å². The lowest BCUT2D eigenvalue weighted by Gasteiger charge is -2.38. The summed E-state index contributed by atoms with van der Waals surface area (Å²) in [6.07, 6.45) is -0.409. The fraction of sp³-hybridized carbons (Fsp3) is 0.438. The van der Waals surface area contributed by atoms with E-state index in [0.717, 1.165) is 24.6 Å². The number of likely N-dealkylation sites (N-methyl/N-ethyl adjacent to an activating group) is 1. The molecular formula is C16H17F3N2O2. The molecule has 1 aromatic heterocycles. The molecule has 23 heavy (non-hydrogen) atoms. The summed E-state index contributed by atoms with van der Waals surface area (Å²) in [5.41, 5.74) is -0.352. The molecule has 124 valence electrons. The van der Waals surface area contributed by atoms with Crippen LogP contribution in [0, 0.1) is 11.6 Å². The van der Waals surface area contributed by atoms with E-state index in [4.69, 9.17) is 4.52 Å². The summed E-state index contributed by atoms with van der Waals surface area (Å²) < 4.78 is 46.6. The Labute approximate surface area is 130 Å². The van der Waals surface area contributed by atoms with E-state index < -0.39 is 23.8 Å². The van der Waals surface area contributed by atoms with E-state index in [9.17, 15) is 18.0 Å². The molecule has 1 aliphatic rings. The summed E-state index contributed by atoms with van der Waals surface area (Å²) in [7, 11) is 1.77. The van der Waals surface area contributed by atoms with Crippen molar-refractivity contribution < 1.29 is 17.7 Å². The summed E-state index contributed by atoms with van der Waals surface area (Å²) in [4.78, 5) is 13.0. The Morgan fingerprint density at radius 1 is 1.26 bits per heavy atom. The third-order valence-corrected chi connectivity index (χ3v) is 4.41. The molecule has 1 aliphatic heterocycles. The lowest BCUT2D eigenvalue weighted by Crippen LogP contribution is -2.41. The molecule has 0 aliphatic carbocycles. The minimum absolute atomic E-state index is 0.0180. The Morgan fingerprint density at radius 2 is 1.96 bits per heavy atom. The molecule has 1 N–H and O–H groups in total. The van der Waals surface area contributed by atoms with Crippen LogP contribution in [0.1, 0.15) is 36.3 Å². The fourth-order valence-corrected chi connectivity index (χ4v) is 3.17. The van der Waals surface area contributed by atoms with Gasteiger partial charge in [-0.05, 0) is 44.1 Å². The quantitative estimate of drug-likeness (QED) is 0.943. The van der Waals surface area contributed by atoms with Crippen LogP contribution in [0.3, 0.4) is 0 Å². The summed E-state index contributed by atoms with van der Waals surface area (Å²) in [5, 5.41) is 2.23. The maximum absolute atomic E-state index is 14.9. The Bertz CT molecular complexity index is 723. The number of hydrogen-bond acceptors (Lipinski definition) is 3. The van der Waals surface area contributed by atoms with Gasteiger partial charge < -0.3 is 9.42 Å². The first kappa shape index (κ1) is 15.9. The molecule has 1 saturated heterocycles. The summed E-state index contributed by atoms with van der Waals surface area (Å²) in [6, 6.07) is 3.57. The lowest BCUT2D eigenvalue weighted by atomic mass is 9.85. The van der Waals surface area contributed by atoms with E-state index >= 15 is 0 Å². The minimum atomic E-state index is -1.53. The maximum Gasteiger partial charge on any atom is 0.280 e. The van der Waals surface area contributed by atoms with Crippen molar-refractivity contribution in [2.45, 2.75) is 31.0 Å². The molecule has 4 nitrogen and oxygen atoms in total. The number of benzene rings is 1. The minimum Gasteiger partial charge on any atom is -0.383 e. The highest BCUT2D eigenvalue weighted by Crippen LogP contribution is 2.37. The molecule has 1 aromatic carbocycles. The van der Waals surface area contributed by atoms with Gasteiger partial charge in [0.05, 0.1) is 0 Å². The molecule has 3 atom stereocenters. The number of alkyl halides is 1. The molecule has 1 fully saturated rings. The van der Waals surface area contributed by atoms with Crippen LogP contribution in [0.2, 0.25) is 0 Å². The zero-order valence-corrected chi connectivity index (χ0v) is 12.6. The Kier molecular flexibility index (Phi) is 4.30. The second kappa shape index (κ2) is 6.23. The van der Waals surface area contributed by atoms with Gasteiger partial charge in [-0.15, -0.1) is 0 Å². The van der Waals surface area contributed by atoms with Gasteiger partial charge in [0.1, 0.15) is 23.6 Å². The second-order valence-electron chi connectivity index (χ2n) is 5.99. The summed E-state index contributed by atoms with van der Waals surface area (Å²) in [5.74, 6) is -1.21. The van der Waals surface area contributed by atoms with Gasteiger partial charge in [0.25, 0.3) is 5.56 Å². The standard InChI is InChI=1S/C16H17F3N2O2/c1-21-3-2-9(14-8-15(22)20-23-14)6-13(21)16(19)10-4-11(17)7-12(18)5-10/h4-5,7-9,13,16H,2-3,6H2,1H3,(H,20,22)/t9-,13-,16?/m0/s1. The Hall–Kier alpha value is -2.02. The van der Waals surface area contributed by atoms with Gasteiger partial charge in [0.15, 0.2) is 0 Å². The van der Waals surface area contributed by atoms with Gasteiger partial charge >= 0.3 is 0 Å². The van der Waals surface area contributed by atoms with Crippen molar-refractivity contribution in [3.8, 4) is 0 Å². The Balaban J connectivity index is 1.83. The molecule has 0 radical (unpaired) electrons. The first-order chi connectivity index (χ1) is 10.9. The van der Waals surface area contributed by atoms with Crippen LogP contribution in [0.15, 0.2) is 33.6 Å². The van der Waals surface area contributed by atoms with Crippen molar-refractivity contribution in [2.24, 2.45) is 0 Å². The van der Waals surface area contributed by atoms with Crippen LogP contribution in [0.4, 0.5) is 13.2 Å². The number of hydrogen-bond donors (Lipinski definition) is 1. The average Bonchev–Trinajstić information content (AvgIpc) is 2.92. The predicted octanol–water partition coefficient (Wildman–Crippen LogP) is 3.13. The molecule has 7 heteroatoms. The van der Waals surface area contributed by atoms with Crippen molar-refractivity contribution in [2.75, 3.05) is 13.6 Å². The van der Waals surface area contributed by atoms with Crippen molar-refractivity contribution in [1.29, 1.82) is 0 Å². The molecule has 0 amide bonds. The first-order valence-corrected chi connectivity index (χ1v) is 7.43. The number of piperidine rings is 1. The van der Waals surface area contributed by atoms with Gasteiger partial charge in [-0.1, -0.05) is 0 Å². The number of nitrogens with zero attached hydrogens (tertiary/aromatic N) is 1. The van der Waals surface area contributed by atoms with Crippen molar-refractivity contribution >= 4 is 0 Å². The molecule has 0 spiro atoms. The monoisotopic (exact) mass is 326 g/mol. The number of H-pyrrole nitrogens is 1. The smallest absolute Gasteiger partial charge is 0.280 e. The number of aromatic nitrogens is 1. The summed E-state index contributed by atoms with van der Waals surface area (Å²) >= 11 is 0. The predicted molar refractivity (Wildman–Crippen MR) is 77.9 cm³/mol. The molecule has 3 rings (SSSR count). The number of halogens is 3. The Morgan fingerprint density at radius 3 is 2.57 bits per heavy atom. The zero-order valence-electron chi connectivity index (χ0n) is 12.6. The number of rotatable bonds is 3. The van der Waals surface area contributed by atoms with E-state index in [1.165, 1.54) is 6.07 Å². The molecule has 1 unspecified atom stereocenters. The average molecular weight is 326 g/mol. The van der Waals surface area contributed by atoms with Crippen molar-refractivity contribution in [1.82, 2.24) is 10.1 Å². The van der Waals surface area contributed by atoms with E-state index in [0.29, 0.717) is 18.7 Å². The van der Waals surface area contributed by atoms with E-state index in [2.05, 4.69) is 5.16 Å². The van der Waals surface area contributed by atoms with Crippen molar-refractivity contribution in [3.63, 3.8) is 0 Å². The third-order valence-electron chi connectivity index (χ3n) is 4.41. The number of likely N-dealkylation sites (tertiary alicyclic amines) is 1. The largest absolute Gasteiger partial charge is 0.383 e. The zero-order chi connectivity index (χ0) is 16.6. The van der Waals surface area contributed by atoms with Crippen LogP contribution >= 0.6 is 0 Å². The lowest BCUT2D eigenvalue weighted by molar-refractivity contribution is 0.0830. The first-order valence-electron chi connectivity index (χ1n) is 7.43. The maximum atomic E-state index is 14.9. The SMILES string of the molecule is CN1CC[C@H](c2cc(=O)[nH]o2)C[C@H]1C(F)c1cc(F)cc(F)c1. The van der Waals surface area contributed by atoms with Gasteiger partial charge in [-0.3, -0.25) is 4.79 Å². The second-order valence-corrected chi connectivity index (χ2v) is 5.99. The third kappa shape index (κ3) is 3.34. The highest BCUT2D eigenvalue weighted by atomic mass is 19.1. The molecule has 2 heterocycles. The van der Waals surface area contributed by atoms with E-state index in [1.54, 1.807) is 7.05 Å². The van der Waals surface area contributed by atoms with Gasteiger partial charge in [0.2, 0.25) is 0 Å². The molecule has 0 bridgehead atoms. The van der Waals surface area contributed by atoms with E-state index in [1.807, 2.05) is 4.90 Å².